The van der Waals surface area contributed by atoms with Crippen molar-refractivity contribution in [3.63, 3.8) is 0 Å². The van der Waals surface area contributed by atoms with Gasteiger partial charge < -0.3 is 15.8 Å². The maximum absolute atomic E-state index is 12.7. The first-order chi connectivity index (χ1) is 20.1. The van der Waals surface area contributed by atoms with Gasteiger partial charge in [0.2, 0.25) is 5.91 Å². The minimum absolute atomic E-state index is 0.402. The quantitative estimate of drug-likeness (QED) is 0.240. The molecule has 0 spiro atoms. The SMILES string of the molecule is CC(C)(C)OC(=O)NC1(c2ccc(-c3nn4c(-c5ccc(C(N)=O)cc5)cnc4cc3-c3ccccc3)cc2)CCC1. The number of amides is 2. The molecule has 1 fully saturated rings. The molecule has 8 heteroatoms. The van der Waals surface area contributed by atoms with Gasteiger partial charge >= 0.3 is 6.09 Å². The van der Waals surface area contributed by atoms with Crippen molar-refractivity contribution in [1.82, 2.24) is 19.9 Å². The number of carbonyl (C=O) groups excluding carboxylic acids is 2. The van der Waals surface area contributed by atoms with E-state index in [0.29, 0.717) is 11.2 Å². The molecule has 0 aliphatic heterocycles. The number of nitrogens with zero attached hydrogens (tertiary/aromatic N) is 3. The van der Waals surface area contributed by atoms with Gasteiger partial charge in [0.1, 0.15) is 5.60 Å². The largest absolute Gasteiger partial charge is 0.444 e. The summed E-state index contributed by atoms with van der Waals surface area (Å²) in [5.74, 6) is -0.471. The van der Waals surface area contributed by atoms with E-state index in [2.05, 4.69) is 46.7 Å². The highest BCUT2D eigenvalue weighted by molar-refractivity contribution is 5.93. The standard InChI is InChI=1S/C34H33N5O3/c1-33(2,3)42-32(41)37-34(18-7-19-34)26-16-14-24(15-17-26)30-27(22-8-5-4-6-9-22)20-29-36-21-28(39(29)38-30)23-10-12-25(13-11-23)31(35)40/h4-6,8-17,20-21H,7,18-19H2,1-3H3,(H2,35,40)(H,37,41). The summed E-state index contributed by atoms with van der Waals surface area (Å²) in [6.07, 6.45) is 4.14. The zero-order valence-electron chi connectivity index (χ0n) is 23.9. The molecule has 2 heterocycles. The van der Waals surface area contributed by atoms with Crippen LogP contribution in [0, 0.1) is 0 Å². The number of ether oxygens (including phenoxy) is 1. The summed E-state index contributed by atoms with van der Waals surface area (Å²) in [6, 6.07) is 27.5. The van der Waals surface area contributed by atoms with Crippen LogP contribution in [0.1, 0.15) is 56.0 Å². The van der Waals surface area contributed by atoms with Crippen molar-refractivity contribution in [2.24, 2.45) is 5.73 Å². The second kappa shape index (κ2) is 10.4. The Morgan fingerprint density at radius 1 is 0.905 bits per heavy atom. The van der Waals surface area contributed by atoms with E-state index in [0.717, 1.165) is 58.5 Å². The van der Waals surface area contributed by atoms with Crippen LogP contribution in [0.3, 0.4) is 0 Å². The zero-order valence-corrected chi connectivity index (χ0v) is 23.9. The molecular weight excluding hydrogens is 526 g/mol. The van der Waals surface area contributed by atoms with Gasteiger partial charge in [-0.1, -0.05) is 66.7 Å². The van der Waals surface area contributed by atoms with Crippen molar-refractivity contribution < 1.29 is 14.3 Å². The molecule has 0 atom stereocenters. The highest BCUT2D eigenvalue weighted by Gasteiger charge is 2.41. The van der Waals surface area contributed by atoms with E-state index in [9.17, 15) is 9.59 Å². The summed E-state index contributed by atoms with van der Waals surface area (Å²) >= 11 is 0. The third-order valence-electron chi connectivity index (χ3n) is 7.70. The molecule has 3 aromatic carbocycles. The maximum atomic E-state index is 12.7. The number of rotatable bonds is 6. The maximum Gasteiger partial charge on any atom is 0.408 e. The predicted molar refractivity (Wildman–Crippen MR) is 163 cm³/mol. The van der Waals surface area contributed by atoms with Gasteiger partial charge in [0, 0.05) is 22.3 Å². The Kier molecular flexibility index (Phi) is 6.77. The number of alkyl carbamates (subject to hydrolysis) is 1. The number of primary amides is 1. The van der Waals surface area contributed by atoms with Crippen LogP contribution >= 0.6 is 0 Å². The van der Waals surface area contributed by atoms with Crippen LogP contribution in [-0.4, -0.2) is 32.2 Å². The molecule has 1 saturated carbocycles. The summed E-state index contributed by atoms with van der Waals surface area (Å²) in [4.78, 5) is 28.9. The minimum Gasteiger partial charge on any atom is -0.444 e. The molecule has 3 N–H and O–H groups in total. The lowest BCUT2D eigenvalue weighted by atomic mass is 9.71. The van der Waals surface area contributed by atoms with Crippen LogP contribution in [-0.2, 0) is 10.3 Å². The van der Waals surface area contributed by atoms with Crippen LogP contribution in [0.5, 0.6) is 0 Å². The first-order valence-corrected chi connectivity index (χ1v) is 14.1. The summed E-state index contributed by atoms with van der Waals surface area (Å²) in [7, 11) is 0. The summed E-state index contributed by atoms with van der Waals surface area (Å²) < 4.78 is 7.38. The molecule has 0 bridgehead atoms. The number of aromatic nitrogens is 3. The number of fused-ring (bicyclic) bond motifs is 1. The number of carbonyl (C=O) groups is 2. The number of nitrogens with one attached hydrogen (secondary N) is 1. The van der Waals surface area contributed by atoms with Gasteiger partial charge in [0.15, 0.2) is 5.65 Å². The van der Waals surface area contributed by atoms with E-state index in [-0.39, 0.29) is 0 Å². The summed E-state index contributed by atoms with van der Waals surface area (Å²) in [6.45, 7) is 5.60. The molecule has 1 aliphatic rings. The molecule has 2 aromatic heterocycles. The Morgan fingerprint density at radius 3 is 2.17 bits per heavy atom. The first kappa shape index (κ1) is 27.2. The molecule has 1 aliphatic carbocycles. The van der Waals surface area contributed by atoms with E-state index in [4.69, 9.17) is 15.6 Å². The molecule has 0 radical (unpaired) electrons. The predicted octanol–water partition coefficient (Wildman–Crippen LogP) is 6.73. The van der Waals surface area contributed by atoms with Crippen molar-refractivity contribution in [1.29, 1.82) is 0 Å². The molecule has 8 nitrogen and oxygen atoms in total. The third kappa shape index (κ3) is 5.23. The van der Waals surface area contributed by atoms with Crippen LogP contribution in [0.4, 0.5) is 4.79 Å². The van der Waals surface area contributed by atoms with Crippen LogP contribution < -0.4 is 11.1 Å². The number of hydrogen-bond acceptors (Lipinski definition) is 5. The van der Waals surface area contributed by atoms with Crippen molar-refractivity contribution in [3.05, 3.63) is 102 Å². The number of benzene rings is 3. The molecular formula is C34H33N5O3. The van der Waals surface area contributed by atoms with E-state index in [1.54, 1.807) is 18.3 Å². The second-order valence-corrected chi connectivity index (χ2v) is 11.8. The lowest BCUT2D eigenvalue weighted by molar-refractivity contribution is 0.0377. The fourth-order valence-corrected chi connectivity index (χ4v) is 5.43. The summed E-state index contributed by atoms with van der Waals surface area (Å²) in [5, 5.41) is 8.24. The van der Waals surface area contributed by atoms with Crippen LogP contribution in [0.25, 0.3) is 39.3 Å². The Morgan fingerprint density at radius 2 is 1.57 bits per heavy atom. The van der Waals surface area contributed by atoms with Gasteiger partial charge in [-0.2, -0.15) is 5.10 Å². The number of hydrogen-bond donors (Lipinski definition) is 2. The molecule has 2 amide bonds. The Balaban J connectivity index is 1.41. The molecule has 42 heavy (non-hydrogen) atoms. The summed E-state index contributed by atoms with van der Waals surface area (Å²) in [5.41, 5.74) is 12.0. The van der Waals surface area contributed by atoms with Crippen LogP contribution in [0.2, 0.25) is 0 Å². The van der Waals surface area contributed by atoms with Crippen molar-refractivity contribution in [2.45, 2.75) is 51.2 Å². The lowest BCUT2D eigenvalue weighted by Crippen LogP contribution is -2.52. The smallest absolute Gasteiger partial charge is 0.408 e. The number of imidazole rings is 1. The average Bonchev–Trinajstić information content (AvgIpc) is 3.37. The van der Waals surface area contributed by atoms with E-state index in [1.165, 1.54) is 0 Å². The fourth-order valence-electron chi connectivity index (χ4n) is 5.43. The highest BCUT2D eigenvalue weighted by Crippen LogP contribution is 2.42. The van der Waals surface area contributed by atoms with E-state index < -0.39 is 23.1 Å². The van der Waals surface area contributed by atoms with Gasteiger partial charge in [-0.25, -0.2) is 14.3 Å². The molecule has 0 unspecified atom stereocenters. The van der Waals surface area contributed by atoms with Crippen molar-refractivity contribution >= 4 is 17.6 Å². The minimum atomic E-state index is -0.562. The molecule has 0 saturated heterocycles. The second-order valence-electron chi connectivity index (χ2n) is 11.8. The van der Waals surface area contributed by atoms with Gasteiger partial charge in [0.05, 0.1) is 23.1 Å². The van der Waals surface area contributed by atoms with Crippen LogP contribution in [0.15, 0.2) is 91.1 Å². The Labute approximate surface area is 244 Å². The molecule has 212 valence electrons. The topological polar surface area (TPSA) is 112 Å². The molecule has 5 aromatic rings. The first-order valence-electron chi connectivity index (χ1n) is 14.1. The van der Waals surface area contributed by atoms with Gasteiger partial charge in [-0.05, 0) is 69.4 Å². The normalized spacial score (nSPS) is 14.3. The monoisotopic (exact) mass is 559 g/mol. The van der Waals surface area contributed by atoms with E-state index in [1.807, 2.05) is 61.7 Å². The average molecular weight is 560 g/mol. The third-order valence-corrected chi connectivity index (χ3v) is 7.70. The fraction of sp³-hybridized carbons (Fsp3) is 0.235. The van der Waals surface area contributed by atoms with Gasteiger partial charge in [-0.3, -0.25) is 4.79 Å². The van der Waals surface area contributed by atoms with Gasteiger partial charge in [0.25, 0.3) is 0 Å². The van der Waals surface area contributed by atoms with Crippen molar-refractivity contribution in [3.8, 4) is 33.6 Å². The molecule has 6 rings (SSSR count). The van der Waals surface area contributed by atoms with Gasteiger partial charge in [-0.15, -0.1) is 0 Å². The Hall–Kier alpha value is -4.98. The zero-order chi connectivity index (χ0) is 29.5. The Bertz CT molecular complexity index is 1770. The van der Waals surface area contributed by atoms with E-state index >= 15 is 0 Å². The number of nitrogens with two attached hydrogens (primary N) is 1. The lowest BCUT2D eigenvalue weighted by Gasteiger charge is -2.43. The van der Waals surface area contributed by atoms with Crippen molar-refractivity contribution in [2.75, 3.05) is 0 Å². The highest BCUT2D eigenvalue weighted by atomic mass is 16.6.